The Morgan fingerprint density at radius 2 is 2.29 bits per heavy atom. The van der Waals surface area contributed by atoms with Gasteiger partial charge in [0, 0.05) is 19.6 Å². The summed E-state index contributed by atoms with van der Waals surface area (Å²) in [7, 11) is 0. The van der Waals surface area contributed by atoms with Crippen molar-refractivity contribution >= 4 is 5.91 Å². The van der Waals surface area contributed by atoms with Crippen molar-refractivity contribution in [2.24, 2.45) is 5.92 Å². The van der Waals surface area contributed by atoms with E-state index in [9.17, 15) is 9.90 Å². The Balaban J connectivity index is 1.83. The fraction of sp³-hybridized carbons (Fsp3) is 0.917. The van der Waals surface area contributed by atoms with Gasteiger partial charge in [0.05, 0.1) is 18.2 Å². The first-order valence-electron chi connectivity index (χ1n) is 6.31. The number of nitrogens with one attached hydrogen (secondary N) is 1. The number of amides is 1. The maximum absolute atomic E-state index is 12.0. The highest BCUT2D eigenvalue weighted by Gasteiger charge is 2.37. The maximum Gasteiger partial charge on any atom is 0.248 e. The molecule has 0 aliphatic carbocycles. The summed E-state index contributed by atoms with van der Waals surface area (Å²) in [6.45, 7) is 6.61. The minimum atomic E-state index is -0.185. The smallest absolute Gasteiger partial charge is 0.248 e. The number of nitrogens with zero attached hydrogens (tertiary/aromatic N) is 1. The average Bonchev–Trinajstić information content (AvgIpc) is 2.64. The lowest BCUT2D eigenvalue weighted by Crippen LogP contribution is -2.60. The lowest BCUT2D eigenvalue weighted by Gasteiger charge is -2.39. The van der Waals surface area contributed by atoms with Crippen LogP contribution < -0.4 is 5.32 Å². The van der Waals surface area contributed by atoms with Gasteiger partial charge in [-0.15, -0.1) is 0 Å². The van der Waals surface area contributed by atoms with Crippen LogP contribution in [-0.4, -0.2) is 60.4 Å². The molecule has 17 heavy (non-hydrogen) atoms. The molecule has 2 aliphatic rings. The topological polar surface area (TPSA) is 61.8 Å². The lowest BCUT2D eigenvalue weighted by molar-refractivity contribution is -0.147. The summed E-state index contributed by atoms with van der Waals surface area (Å²) in [5, 5.41) is 12.4. The normalized spacial score (nSPS) is 31.4. The molecule has 0 spiro atoms. The quantitative estimate of drug-likeness (QED) is 0.704. The van der Waals surface area contributed by atoms with Gasteiger partial charge in [-0.3, -0.25) is 4.79 Å². The molecule has 0 saturated carbocycles. The number of likely N-dealkylation sites (tertiary alicyclic amines) is 1. The molecule has 0 aromatic heterocycles. The van der Waals surface area contributed by atoms with Gasteiger partial charge >= 0.3 is 0 Å². The van der Waals surface area contributed by atoms with Gasteiger partial charge in [0.25, 0.3) is 0 Å². The molecule has 1 amide bonds. The summed E-state index contributed by atoms with van der Waals surface area (Å²) in [6.07, 6.45) is 0.968. The first-order chi connectivity index (χ1) is 8.06. The molecule has 2 fully saturated rings. The summed E-state index contributed by atoms with van der Waals surface area (Å²) >= 11 is 0. The second-order valence-corrected chi connectivity index (χ2v) is 5.45. The molecule has 2 N–H and O–H groups in total. The summed E-state index contributed by atoms with van der Waals surface area (Å²) in [6, 6.07) is -0.0292. The van der Waals surface area contributed by atoms with Gasteiger partial charge in [-0.1, -0.05) is 6.92 Å². The van der Waals surface area contributed by atoms with E-state index in [-0.39, 0.29) is 30.8 Å². The standard InChI is InChI=1S/C12H22N2O3/c1-9-3-4-14(10(9)5-15)11(16)6-17-12(2)7-13-8-12/h9-10,13,15H,3-8H2,1-2H3. The number of aliphatic hydroxyl groups is 1. The van der Waals surface area contributed by atoms with E-state index >= 15 is 0 Å². The molecule has 5 heteroatoms. The molecule has 0 aromatic rings. The summed E-state index contributed by atoms with van der Waals surface area (Å²) < 4.78 is 5.63. The molecule has 0 aromatic carbocycles. The van der Waals surface area contributed by atoms with E-state index in [1.807, 2.05) is 6.92 Å². The van der Waals surface area contributed by atoms with Crippen LogP contribution in [-0.2, 0) is 9.53 Å². The van der Waals surface area contributed by atoms with Crippen molar-refractivity contribution in [3.8, 4) is 0 Å². The number of hydrogen-bond acceptors (Lipinski definition) is 4. The van der Waals surface area contributed by atoms with E-state index < -0.39 is 0 Å². The fourth-order valence-electron chi connectivity index (χ4n) is 2.49. The number of hydrogen-bond donors (Lipinski definition) is 2. The molecule has 2 saturated heterocycles. The first-order valence-corrected chi connectivity index (χ1v) is 6.31. The second kappa shape index (κ2) is 4.92. The molecule has 5 nitrogen and oxygen atoms in total. The van der Waals surface area contributed by atoms with E-state index in [1.165, 1.54) is 0 Å². The van der Waals surface area contributed by atoms with Crippen molar-refractivity contribution in [1.82, 2.24) is 10.2 Å². The van der Waals surface area contributed by atoms with Crippen LogP contribution in [0.15, 0.2) is 0 Å². The average molecular weight is 242 g/mol. The molecule has 2 aliphatic heterocycles. The molecular weight excluding hydrogens is 220 g/mol. The number of rotatable bonds is 4. The summed E-state index contributed by atoms with van der Waals surface area (Å²) in [5.74, 6) is 0.381. The van der Waals surface area contributed by atoms with Gasteiger partial charge in [0.2, 0.25) is 5.91 Å². The maximum atomic E-state index is 12.0. The first kappa shape index (κ1) is 12.8. The van der Waals surface area contributed by atoms with Gasteiger partial charge in [-0.2, -0.15) is 0 Å². The van der Waals surface area contributed by atoms with Crippen LogP contribution in [0.1, 0.15) is 20.3 Å². The van der Waals surface area contributed by atoms with Crippen molar-refractivity contribution in [3.63, 3.8) is 0 Å². The molecule has 0 radical (unpaired) electrons. The Bertz CT molecular complexity index is 291. The van der Waals surface area contributed by atoms with Gasteiger partial charge in [0.1, 0.15) is 6.61 Å². The van der Waals surface area contributed by atoms with Crippen molar-refractivity contribution in [1.29, 1.82) is 0 Å². The monoisotopic (exact) mass is 242 g/mol. The van der Waals surface area contributed by atoms with Crippen molar-refractivity contribution in [3.05, 3.63) is 0 Å². The zero-order chi connectivity index (χ0) is 12.5. The Kier molecular flexibility index (Phi) is 3.70. The minimum absolute atomic E-state index is 0.00141. The Morgan fingerprint density at radius 3 is 2.82 bits per heavy atom. The van der Waals surface area contributed by atoms with Crippen molar-refractivity contribution in [2.45, 2.75) is 31.9 Å². The van der Waals surface area contributed by atoms with E-state index in [1.54, 1.807) is 4.90 Å². The highest BCUT2D eigenvalue weighted by molar-refractivity contribution is 5.78. The Morgan fingerprint density at radius 1 is 1.59 bits per heavy atom. The molecule has 2 rings (SSSR count). The predicted octanol–water partition coefficient (Wildman–Crippen LogP) is -0.406. The van der Waals surface area contributed by atoms with Crippen molar-refractivity contribution in [2.75, 3.05) is 32.8 Å². The van der Waals surface area contributed by atoms with Gasteiger partial charge in [-0.25, -0.2) is 0 Å². The number of aliphatic hydroxyl groups excluding tert-OH is 1. The Hall–Kier alpha value is -0.650. The molecular formula is C12H22N2O3. The van der Waals surface area contributed by atoms with Crippen LogP contribution in [0.25, 0.3) is 0 Å². The number of ether oxygens (including phenoxy) is 1. The molecule has 2 unspecified atom stereocenters. The van der Waals surface area contributed by atoms with Gasteiger partial charge in [0.15, 0.2) is 0 Å². The number of carbonyl (C=O) groups excluding carboxylic acids is 1. The van der Waals surface area contributed by atoms with Crippen LogP contribution in [0.3, 0.4) is 0 Å². The van der Waals surface area contributed by atoms with Gasteiger partial charge < -0.3 is 20.1 Å². The van der Waals surface area contributed by atoms with Crippen LogP contribution in [0, 0.1) is 5.92 Å². The molecule has 2 atom stereocenters. The Labute approximate surface area is 102 Å². The largest absolute Gasteiger partial charge is 0.394 e. The van der Waals surface area contributed by atoms with E-state index in [0.29, 0.717) is 5.92 Å². The highest BCUT2D eigenvalue weighted by Crippen LogP contribution is 2.24. The molecule has 0 bridgehead atoms. The second-order valence-electron chi connectivity index (χ2n) is 5.45. The SMILES string of the molecule is CC1CCN(C(=O)COC2(C)CNC2)C1CO. The van der Waals surface area contributed by atoms with Crippen LogP contribution >= 0.6 is 0 Å². The van der Waals surface area contributed by atoms with Gasteiger partial charge in [-0.05, 0) is 19.3 Å². The van der Waals surface area contributed by atoms with Crippen LogP contribution in [0.5, 0.6) is 0 Å². The van der Waals surface area contributed by atoms with E-state index in [4.69, 9.17) is 4.74 Å². The van der Waals surface area contributed by atoms with Crippen molar-refractivity contribution < 1.29 is 14.6 Å². The minimum Gasteiger partial charge on any atom is -0.394 e. The summed E-state index contributed by atoms with van der Waals surface area (Å²) in [4.78, 5) is 13.8. The molecule has 2 heterocycles. The van der Waals surface area contributed by atoms with Crippen LogP contribution in [0.4, 0.5) is 0 Å². The zero-order valence-electron chi connectivity index (χ0n) is 10.6. The third kappa shape index (κ3) is 2.61. The summed E-state index contributed by atoms with van der Waals surface area (Å²) in [5.41, 5.74) is -0.185. The third-order valence-corrected chi connectivity index (χ3v) is 3.93. The third-order valence-electron chi connectivity index (χ3n) is 3.93. The van der Waals surface area contributed by atoms with E-state index in [2.05, 4.69) is 12.2 Å². The fourth-order valence-corrected chi connectivity index (χ4v) is 2.49. The highest BCUT2D eigenvalue weighted by atomic mass is 16.5. The number of carbonyl (C=O) groups is 1. The van der Waals surface area contributed by atoms with E-state index in [0.717, 1.165) is 26.1 Å². The van der Waals surface area contributed by atoms with Crippen LogP contribution in [0.2, 0.25) is 0 Å². The zero-order valence-corrected chi connectivity index (χ0v) is 10.6. The lowest BCUT2D eigenvalue weighted by atomic mass is 10.0. The molecule has 98 valence electrons. The predicted molar refractivity (Wildman–Crippen MR) is 63.6 cm³/mol.